The number of esters is 1. The highest BCUT2D eigenvalue weighted by Gasteiger charge is 2.23. The van der Waals surface area contributed by atoms with Crippen LogP contribution in [0.5, 0.6) is 5.75 Å². The minimum Gasteiger partial charge on any atom is -0.444 e. The second kappa shape index (κ2) is 15.9. The van der Waals surface area contributed by atoms with Crippen molar-refractivity contribution in [3.63, 3.8) is 0 Å². The Bertz CT molecular complexity index is 1680. The number of fused-ring (bicyclic) bond motifs is 1. The average Bonchev–Trinajstić information content (AvgIpc) is 3.03. The Morgan fingerprint density at radius 2 is 1.30 bits per heavy atom. The molecule has 244 valence electrons. The maximum absolute atomic E-state index is 12.7. The number of carbonyl (C=O) groups is 4. The van der Waals surface area contributed by atoms with Crippen LogP contribution in [0.3, 0.4) is 0 Å². The molecule has 0 aliphatic heterocycles. The summed E-state index contributed by atoms with van der Waals surface area (Å²) >= 11 is 0. The highest BCUT2D eigenvalue weighted by molar-refractivity contribution is 6.03. The van der Waals surface area contributed by atoms with Crippen LogP contribution in [0.4, 0.5) is 20.1 Å². The van der Waals surface area contributed by atoms with E-state index in [9.17, 15) is 19.2 Å². The minimum atomic E-state index is -0.980. The van der Waals surface area contributed by atoms with E-state index >= 15 is 0 Å². The number of carbonyl (C=O) groups excluding carboxylic acids is 4. The van der Waals surface area contributed by atoms with Gasteiger partial charge in [-0.1, -0.05) is 72.8 Å². The van der Waals surface area contributed by atoms with Crippen LogP contribution in [-0.4, -0.2) is 41.9 Å². The summed E-state index contributed by atoms with van der Waals surface area (Å²) in [5.74, 6) is -0.666. The average molecular weight is 641 g/mol. The lowest BCUT2D eigenvalue weighted by Gasteiger charge is -2.21. The predicted octanol–water partition coefficient (Wildman–Crippen LogP) is 6.50. The molecule has 0 heterocycles. The Kier molecular flexibility index (Phi) is 11.5. The molecule has 12 heteroatoms. The highest BCUT2D eigenvalue weighted by atomic mass is 16.6. The van der Waals surface area contributed by atoms with Crippen molar-refractivity contribution in [1.82, 2.24) is 16.0 Å². The molecule has 0 saturated carbocycles. The van der Waals surface area contributed by atoms with Crippen LogP contribution in [-0.2, 0) is 32.2 Å². The second-order valence-electron chi connectivity index (χ2n) is 11.3. The molecule has 4 aromatic carbocycles. The zero-order valence-electron chi connectivity index (χ0n) is 26.4. The van der Waals surface area contributed by atoms with Crippen molar-refractivity contribution < 1.29 is 38.1 Å². The van der Waals surface area contributed by atoms with Gasteiger partial charge < -0.3 is 24.3 Å². The zero-order chi connectivity index (χ0) is 33.8. The Balaban J connectivity index is 1.49. The smallest absolute Gasteiger partial charge is 0.414 e. The number of aliphatic imine (C=N–C) groups is 1. The molecule has 0 aliphatic carbocycles. The molecule has 3 amide bonds. The normalized spacial score (nSPS) is 11.4. The first kappa shape index (κ1) is 34.0. The fourth-order valence-electron chi connectivity index (χ4n) is 4.07. The van der Waals surface area contributed by atoms with Gasteiger partial charge in [-0.3, -0.25) is 10.6 Å². The van der Waals surface area contributed by atoms with E-state index in [2.05, 4.69) is 20.9 Å². The summed E-state index contributed by atoms with van der Waals surface area (Å²) < 4.78 is 21.4. The molecule has 3 N–H and O–H groups in total. The highest BCUT2D eigenvalue weighted by Crippen LogP contribution is 2.29. The van der Waals surface area contributed by atoms with Gasteiger partial charge in [0.1, 0.15) is 30.6 Å². The molecule has 12 nitrogen and oxygen atoms in total. The summed E-state index contributed by atoms with van der Waals surface area (Å²) in [4.78, 5) is 54.5. The lowest BCUT2D eigenvalue weighted by molar-refractivity contribution is -0.136. The van der Waals surface area contributed by atoms with Crippen molar-refractivity contribution >= 4 is 46.7 Å². The zero-order valence-corrected chi connectivity index (χ0v) is 26.4. The summed E-state index contributed by atoms with van der Waals surface area (Å²) in [7, 11) is 0. The van der Waals surface area contributed by atoms with Crippen LogP contribution in [0.2, 0.25) is 0 Å². The van der Waals surface area contributed by atoms with E-state index in [1.54, 1.807) is 81.4 Å². The van der Waals surface area contributed by atoms with E-state index in [0.29, 0.717) is 16.5 Å². The SMILES string of the molecule is C[C@@H](NC(=O)OC(C)(C)C)C(=O)Oc1cccc2cc(N=C(NC(=O)OCc3ccccc3)NC(=O)OCc3ccccc3)ccc12. The van der Waals surface area contributed by atoms with E-state index in [0.717, 1.165) is 11.1 Å². The van der Waals surface area contributed by atoms with Crippen molar-refractivity contribution in [2.45, 2.75) is 52.6 Å². The number of amides is 3. The largest absolute Gasteiger partial charge is 0.444 e. The maximum atomic E-state index is 12.7. The Hall–Kier alpha value is -5.91. The Morgan fingerprint density at radius 1 is 0.723 bits per heavy atom. The Labute approximate surface area is 272 Å². The molecule has 0 aromatic heterocycles. The van der Waals surface area contributed by atoms with Crippen molar-refractivity contribution in [2.24, 2.45) is 4.99 Å². The van der Waals surface area contributed by atoms with Crippen molar-refractivity contribution in [1.29, 1.82) is 0 Å². The van der Waals surface area contributed by atoms with Gasteiger partial charge in [0.2, 0.25) is 5.96 Å². The standard InChI is InChI=1S/C35H36N4O8/c1-23(36-34(43)47-35(2,3)4)30(40)46-29-17-11-16-26-20-27(18-19-28(26)29)37-31(38-32(41)44-21-24-12-7-5-8-13-24)39-33(42)45-22-25-14-9-6-10-15-25/h5-20,23H,21-22H2,1-4H3,(H,36,43)(H2,37,38,39,41,42)/t23-/m1/s1. The van der Waals surface area contributed by atoms with E-state index in [1.807, 2.05) is 36.4 Å². The molecule has 0 fully saturated rings. The summed E-state index contributed by atoms with van der Waals surface area (Å²) in [6.07, 6.45) is -2.44. The maximum Gasteiger partial charge on any atom is 0.414 e. The molecule has 0 spiro atoms. The number of guanidine groups is 1. The first-order valence-corrected chi connectivity index (χ1v) is 14.7. The summed E-state index contributed by atoms with van der Waals surface area (Å²) in [5, 5.41) is 8.59. The van der Waals surface area contributed by atoms with Crippen LogP contribution < -0.4 is 20.7 Å². The van der Waals surface area contributed by atoms with E-state index in [4.69, 9.17) is 18.9 Å². The fraction of sp³-hybridized carbons (Fsp3) is 0.229. The third-order valence-electron chi connectivity index (χ3n) is 6.23. The molecule has 0 unspecified atom stereocenters. The first-order valence-electron chi connectivity index (χ1n) is 14.7. The molecule has 4 rings (SSSR count). The number of ether oxygens (including phenoxy) is 4. The van der Waals surface area contributed by atoms with Gasteiger partial charge in [0.25, 0.3) is 0 Å². The van der Waals surface area contributed by atoms with Gasteiger partial charge in [0.05, 0.1) is 5.69 Å². The number of nitrogens with one attached hydrogen (secondary N) is 3. The van der Waals surface area contributed by atoms with Gasteiger partial charge in [-0.15, -0.1) is 0 Å². The molecular weight excluding hydrogens is 604 g/mol. The molecule has 0 bridgehead atoms. The van der Waals surface area contributed by atoms with Crippen LogP contribution in [0.25, 0.3) is 10.8 Å². The Morgan fingerprint density at radius 3 is 1.85 bits per heavy atom. The van der Waals surface area contributed by atoms with Gasteiger partial charge in [-0.05, 0) is 68.5 Å². The molecule has 0 saturated heterocycles. The van der Waals surface area contributed by atoms with E-state index < -0.39 is 35.9 Å². The summed E-state index contributed by atoms with van der Waals surface area (Å²) in [6.45, 7) is 6.64. The van der Waals surface area contributed by atoms with Crippen LogP contribution in [0.1, 0.15) is 38.8 Å². The first-order chi connectivity index (χ1) is 22.4. The fourth-order valence-corrected chi connectivity index (χ4v) is 4.07. The third-order valence-corrected chi connectivity index (χ3v) is 6.23. The number of benzene rings is 4. The molecular formula is C35H36N4O8. The number of hydrogen-bond donors (Lipinski definition) is 3. The van der Waals surface area contributed by atoms with Crippen LogP contribution in [0.15, 0.2) is 102 Å². The van der Waals surface area contributed by atoms with Gasteiger partial charge >= 0.3 is 24.2 Å². The van der Waals surface area contributed by atoms with Gasteiger partial charge in [-0.2, -0.15) is 0 Å². The van der Waals surface area contributed by atoms with E-state index in [-0.39, 0.29) is 24.9 Å². The second-order valence-corrected chi connectivity index (χ2v) is 11.3. The van der Waals surface area contributed by atoms with Gasteiger partial charge in [0.15, 0.2) is 0 Å². The van der Waals surface area contributed by atoms with Gasteiger partial charge in [-0.25, -0.2) is 24.2 Å². The van der Waals surface area contributed by atoms with Crippen LogP contribution in [0, 0.1) is 0 Å². The molecule has 0 aliphatic rings. The van der Waals surface area contributed by atoms with E-state index in [1.165, 1.54) is 6.92 Å². The quantitative estimate of drug-likeness (QED) is 0.0649. The molecule has 47 heavy (non-hydrogen) atoms. The number of alkyl carbamates (subject to hydrolysis) is 3. The minimum absolute atomic E-state index is 0.00178. The lowest BCUT2D eigenvalue weighted by atomic mass is 10.1. The van der Waals surface area contributed by atoms with Crippen molar-refractivity contribution in [3.8, 4) is 5.75 Å². The lowest BCUT2D eigenvalue weighted by Crippen LogP contribution is -2.44. The molecule has 0 radical (unpaired) electrons. The topological polar surface area (TPSA) is 154 Å². The van der Waals surface area contributed by atoms with Gasteiger partial charge in [0, 0.05) is 5.39 Å². The number of hydrogen-bond acceptors (Lipinski definition) is 9. The van der Waals surface area contributed by atoms with Crippen LogP contribution >= 0.6 is 0 Å². The predicted molar refractivity (Wildman–Crippen MR) is 175 cm³/mol. The van der Waals surface area contributed by atoms with Crippen molar-refractivity contribution in [3.05, 3.63) is 108 Å². The monoisotopic (exact) mass is 640 g/mol. The summed E-state index contributed by atoms with van der Waals surface area (Å²) in [5.41, 5.74) is 1.18. The summed E-state index contributed by atoms with van der Waals surface area (Å²) in [6, 6.07) is 27.2. The molecule has 4 aromatic rings. The molecule has 1 atom stereocenters. The third kappa shape index (κ3) is 11.2. The van der Waals surface area contributed by atoms with Crippen molar-refractivity contribution in [2.75, 3.05) is 0 Å². The number of rotatable bonds is 8. The number of nitrogens with zero attached hydrogens (tertiary/aromatic N) is 1.